The first-order valence-corrected chi connectivity index (χ1v) is 7.56. The molecule has 1 fully saturated rings. The van der Waals surface area contributed by atoms with Crippen LogP contribution in [0.25, 0.3) is 11.0 Å². The minimum atomic E-state index is -0.975. The fourth-order valence-electron chi connectivity index (χ4n) is 2.93. The molecule has 1 saturated heterocycles. The minimum Gasteiger partial charge on any atom is -0.480 e. The first-order valence-electron chi connectivity index (χ1n) is 7.56. The van der Waals surface area contributed by atoms with Crippen LogP contribution in [0.1, 0.15) is 25.0 Å². The number of fused-ring (bicyclic) bond motifs is 1. The zero-order chi connectivity index (χ0) is 16.4. The van der Waals surface area contributed by atoms with Crippen LogP contribution in [0.3, 0.4) is 0 Å². The Labute approximate surface area is 132 Å². The average molecular weight is 315 g/mol. The highest BCUT2D eigenvalue weighted by atomic mass is 16.4. The maximum Gasteiger partial charge on any atom is 0.326 e. The Morgan fingerprint density at radius 2 is 2.13 bits per heavy atom. The van der Waals surface area contributed by atoms with E-state index in [0.717, 1.165) is 0 Å². The summed E-state index contributed by atoms with van der Waals surface area (Å²) in [5.74, 6) is -1.22. The molecular weight excluding hydrogens is 298 g/mol. The van der Waals surface area contributed by atoms with Crippen LogP contribution in [-0.2, 0) is 16.0 Å². The minimum absolute atomic E-state index is 0.0815. The van der Waals surface area contributed by atoms with Crippen molar-refractivity contribution in [1.29, 1.82) is 0 Å². The number of aromatic amines is 1. The Morgan fingerprint density at radius 1 is 1.35 bits per heavy atom. The molecule has 0 bridgehead atoms. The highest BCUT2D eigenvalue weighted by Crippen LogP contribution is 2.19. The number of carbonyl (C=O) groups is 2. The van der Waals surface area contributed by atoms with E-state index in [0.29, 0.717) is 36.1 Å². The summed E-state index contributed by atoms with van der Waals surface area (Å²) in [6.07, 6.45) is 1.45. The van der Waals surface area contributed by atoms with Crippen molar-refractivity contribution >= 4 is 22.9 Å². The van der Waals surface area contributed by atoms with E-state index in [4.69, 9.17) is 5.11 Å². The van der Waals surface area contributed by atoms with Crippen LogP contribution in [0.5, 0.6) is 0 Å². The van der Waals surface area contributed by atoms with Gasteiger partial charge < -0.3 is 15.0 Å². The fraction of sp³-hybridized carbons (Fsp3) is 0.375. The summed E-state index contributed by atoms with van der Waals surface area (Å²) in [7, 11) is 0. The number of carboxylic acid groups (broad SMARTS) is 1. The van der Waals surface area contributed by atoms with E-state index >= 15 is 0 Å². The van der Waals surface area contributed by atoms with E-state index in [2.05, 4.69) is 9.97 Å². The van der Waals surface area contributed by atoms with E-state index < -0.39 is 12.0 Å². The SMILES string of the molecule is O=C(O)C1CCCN1C(=O)CCc1nc2ccccc2[nH]c1=O. The van der Waals surface area contributed by atoms with Gasteiger partial charge >= 0.3 is 5.97 Å². The molecule has 3 rings (SSSR count). The third-order valence-electron chi connectivity index (χ3n) is 4.10. The summed E-state index contributed by atoms with van der Waals surface area (Å²) in [4.78, 5) is 43.8. The predicted octanol–water partition coefficient (Wildman–Crippen LogP) is 0.931. The van der Waals surface area contributed by atoms with Crippen molar-refractivity contribution in [1.82, 2.24) is 14.9 Å². The van der Waals surface area contributed by atoms with Crippen LogP contribution in [0.2, 0.25) is 0 Å². The lowest BCUT2D eigenvalue weighted by molar-refractivity contribution is -0.148. The van der Waals surface area contributed by atoms with Crippen LogP contribution in [0, 0.1) is 0 Å². The third kappa shape index (κ3) is 3.08. The maximum absolute atomic E-state index is 12.2. The highest BCUT2D eigenvalue weighted by Gasteiger charge is 2.33. The summed E-state index contributed by atoms with van der Waals surface area (Å²) in [5.41, 5.74) is 1.30. The van der Waals surface area contributed by atoms with Crippen molar-refractivity contribution in [3.63, 3.8) is 0 Å². The quantitative estimate of drug-likeness (QED) is 0.873. The molecule has 1 aromatic heterocycles. The number of hydrogen-bond donors (Lipinski definition) is 2. The van der Waals surface area contributed by atoms with Gasteiger partial charge in [-0.3, -0.25) is 9.59 Å². The number of aliphatic carboxylic acids is 1. The molecule has 2 N–H and O–H groups in total. The zero-order valence-electron chi connectivity index (χ0n) is 12.5. The summed E-state index contributed by atoms with van der Waals surface area (Å²) >= 11 is 0. The van der Waals surface area contributed by atoms with Crippen LogP contribution < -0.4 is 5.56 Å². The number of amides is 1. The van der Waals surface area contributed by atoms with Gasteiger partial charge in [-0.25, -0.2) is 9.78 Å². The first kappa shape index (κ1) is 15.2. The van der Waals surface area contributed by atoms with E-state index in [1.54, 1.807) is 12.1 Å². The van der Waals surface area contributed by atoms with Crippen LogP contribution >= 0.6 is 0 Å². The number of para-hydroxylation sites is 2. The molecule has 0 radical (unpaired) electrons. The Kier molecular flexibility index (Phi) is 4.10. The van der Waals surface area contributed by atoms with E-state index in [1.807, 2.05) is 12.1 Å². The lowest BCUT2D eigenvalue weighted by atomic mass is 10.2. The number of nitrogens with zero attached hydrogens (tertiary/aromatic N) is 2. The fourth-order valence-corrected chi connectivity index (χ4v) is 2.93. The number of likely N-dealkylation sites (tertiary alicyclic amines) is 1. The van der Waals surface area contributed by atoms with Crippen LogP contribution in [0.15, 0.2) is 29.1 Å². The molecule has 1 aromatic carbocycles. The number of carbonyl (C=O) groups excluding carboxylic acids is 1. The third-order valence-corrected chi connectivity index (χ3v) is 4.10. The van der Waals surface area contributed by atoms with Gasteiger partial charge in [0.25, 0.3) is 5.56 Å². The van der Waals surface area contributed by atoms with Gasteiger partial charge in [0.1, 0.15) is 11.7 Å². The second-order valence-corrected chi connectivity index (χ2v) is 5.61. The lowest BCUT2D eigenvalue weighted by Crippen LogP contribution is -2.40. The summed E-state index contributed by atoms with van der Waals surface area (Å²) in [6.45, 7) is 0.456. The monoisotopic (exact) mass is 315 g/mol. The summed E-state index contributed by atoms with van der Waals surface area (Å²) in [5, 5.41) is 9.12. The first-order chi connectivity index (χ1) is 11.1. The van der Waals surface area contributed by atoms with Gasteiger partial charge in [0.15, 0.2) is 0 Å². The van der Waals surface area contributed by atoms with Gasteiger partial charge in [-0.15, -0.1) is 0 Å². The molecule has 23 heavy (non-hydrogen) atoms. The predicted molar refractivity (Wildman–Crippen MR) is 83.1 cm³/mol. The van der Waals surface area contributed by atoms with Gasteiger partial charge in [-0.2, -0.15) is 0 Å². The van der Waals surface area contributed by atoms with Gasteiger partial charge in [-0.05, 0) is 25.0 Å². The molecule has 1 aliphatic heterocycles. The average Bonchev–Trinajstić information content (AvgIpc) is 3.02. The number of benzene rings is 1. The van der Waals surface area contributed by atoms with E-state index in [9.17, 15) is 14.4 Å². The van der Waals surface area contributed by atoms with Crippen LogP contribution in [0.4, 0.5) is 0 Å². The van der Waals surface area contributed by atoms with Gasteiger partial charge in [0, 0.05) is 19.4 Å². The van der Waals surface area contributed by atoms with Gasteiger partial charge in [0.05, 0.1) is 11.0 Å². The Bertz CT molecular complexity index is 814. The van der Waals surface area contributed by atoms with E-state index in [1.165, 1.54) is 4.90 Å². The molecule has 0 saturated carbocycles. The van der Waals surface area contributed by atoms with Crippen molar-refractivity contribution in [3.8, 4) is 0 Å². The molecule has 7 heteroatoms. The zero-order valence-corrected chi connectivity index (χ0v) is 12.5. The second kappa shape index (κ2) is 6.20. The summed E-state index contributed by atoms with van der Waals surface area (Å²) < 4.78 is 0. The van der Waals surface area contributed by atoms with Gasteiger partial charge in [0.2, 0.25) is 5.91 Å². The Hall–Kier alpha value is -2.70. The molecule has 1 amide bonds. The number of H-pyrrole nitrogens is 1. The normalized spacial score (nSPS) is 17.6. The van der Waals surface area contributed by atoms with Crippen molar-refractivity contribution in [3.05, 3.63) is 40.3 Å². The number of nitrogens with one attached hydrogen (secondary N) is 1. The van der Waals surface area contributed by atoms with Crippen molar-refractivity contribution < 1.29 is 14.7 Å². The summed E-state index contributed by atoms with van der Waals surface area (Å²) in [6, 6.07) is 6.44. The number of hydrogen-bond acceptors (Lipinski definition) is 4. The molecule has 2 aromatic rings. The topological polar surface area (TPSA) is 103 Å². The van der Waals surface area contributed by atoms with E-state index in [-0.39, 0.29) is 24.3 Å². The number of aromatic nitrogens is 2. The molecular formula is C16H17N3O4. The van der Waals surface area contributed by atoms with Crippen molar-refractivity contribution in [2.75, 3.05) is 6.54 Å². The molecule has 1 unspecified atom stereocenters. The molecule has 1 atom stereocenters. The molecule has 7 nitrogen and oxygen atoms in total. The van der Waals surface area contributed by atoms with Crippen molar-refractivity contribution in [2.24, 2.45) is 0 Å². The number of carboxylic acids is 1. The highest BCUT2D eigenvalue weighted by molar-refractivity contribution is 5.84. The largest absolute Gasteiger partial charge is 0.480 e. The van der Waals surface area contributed by atoms with Crippen molar-refractivity contribution in [2.45, 2.75) is 31.7 Å². The Balaban J connectivity index is 1.73. The molecule has 2 heterocycles. The Morgan fingerprint density at radius 3 is 2.91 bits per heavy atom. The lowest BCUT2D eigenvalue weighted by Gasteiger charge is -2.21. The standard InChI is InChI=1S/C16H17N3O4/c20-14(19-9-3-6-13(19)16(22)23)8-7-12-15(21)18-11-5-2-1-4-10(11)17-12/h1-2,4-5,13H,3,6-9H2,(H,18,21)(H,22,23). The molecule has 120 valence electrons. The van der Waals surface area contributed by atoms with Gasteiger partial charge in [-0.1, -0.05) is 12.1 Å². The smallest absolute Gasteiger partial charge is 0.326 e. The number of rotatable bonds is 4. The molecule has 0 aliphatic carbocycles. The maximum atomic E-state index is 12.2. The number of aryl methyl sites for hydroxylation is 1. The second-order valence-electron chi connectivity index (χ2n) is 5.61. The molecule has 1 aliphatic rings. The molecule has 0 spiro atoms. The van der Waals surface area contributed by atoms with Crippen LogP contribution in [-0.4, -0.2) is 44.4 Å².